The maximum Gasteiger partial charge on any atom is 0.103 e. The number of H-pyrrole nitrogens is 1. The summed E-state index contributed by atoms with van der Waals surface area (Å²) in [5.74, 6) is 0. The largest absolute Gasteiger partial charge is 0.371 e. The average Bonchev–Trinajstić information content (AvgIpc) is 3.05. The number of aromatic amines is 1. The average molecular weight is 389 g/mol. The van der Waals surface area contributed by atoms with Crippen LogP contribution >= 0.6 is 27.7 Å². The predicted octanol–water partition coefficient (Wildman–Crippen LogP) is 4.44. The Morgan fingerprint density at radius 1 is 1.22 bits per heavy atom. The van der Waals surface area contributed by atoms with E-state index in [-0.39, 0.29) is 5.37 Å². The van der Waals surface area contributed by atoms with Crippen molar-refractivity contribution in [2.45, 2.75) is 10.3 Å². The highest BCUT2D eigenvalue weighted by atomic mass is 79.9. The summed E-state index contributed by atoms with van der Waals surface area (Å²) < 4.78 is 6.68. The van der Waals surface area contributed by atoms with E-state index >= 15 is 0 Å². The molecule has 1 aromatic heterocycles. The van der Waals surface area contributed by atoms with Gasteiger partial charge in [0.25, 0.3) is 0 Å². The van der Waals surface area contributed by atoms with Crippen LogP contribution in [0, 0.1) is 6.61 Å². The van der Waals surface area contributed by atoms with Gasteiger partial charge in [0, 0.05) is 21.6 Å². The number of hydrogen-bond donors (Lipinski definition) is 1. The van der Waals surface area contributed by atoms with Gasteiger partial charge < -0.3 is 14.6 Å². The minimum absolute atomic E-state index is 0.234. The lowest BCUT2D eigenvalue weighted by Gasteiger charge is -2.36. The molecule has 1 aliphatic rings. The molecule has 23 heavy (non-hydrogen) atoms. The van der Waals surface area contributed by atoms with Crippen molar-refractivity contribution >= 4 is 44.4 Å². The number of hydrogen-bond acceptors (Lipinski definition) is 4. The number of morpholine rings is 1. The van der Waals surface area contributed by atoms with Gasteiger partial charge in [-0.25, -0.2) is 4.98 Å². The number of halogens is 1. The normalized spacial score (nSPS) is 18.5. The molecule has 1 N–H and O–H groups in total. The van der Waals surface area contributed by atoms with Crippen molar-refractivity contribution in [3.63, 3.8) is 0 Å². The van der Waals surface area contributed by atoms with E-state index in [2.05, 4.69) is 73.3 Å². The number of thioether (sulfide) groups is 1. The standard InChI is InChI=1S/C17H15BrN3OS/c18-12-1-4-14(5-2-12)23-17-10-22-8-7-21(17)13-3-6-15-16(9-13)20-11-19-15/h1-6,8-9,11,17H,7,10H2,(H,19,20). The molecular weight excluding hydrogens is 374 g/mol. The maximum atomic E-state index is 5.58. The van der Waals surface area contributed by atoms with Gasteiger partial charge in [-0.2, -0.15) is 0 Å². The van der Waals surface area contributed by atoms with Crippen LogP contribution in [0.4, 0.5) is 5.69 Å². The summed E-state index contributed by atoms with van der Waals surface area (Å²) in [7, 11) is 0. The first kappa shape index (κ1) is 15.1. The summed E-state index contributed by atoms with van der Waals surface area (Å²) in [5, 5.41) is 0.234. The lowest BCUT2D eigenvalue weighted by atomic mass is 10.2. The quantitative estimate of drug-likeness (QED) is 0.719. The number of nitrogens with one attached hydrogen (secondary N) is 1. The molecular formula is C17H15BrN3OS. The van der Waals surface area contributed by atoms with Crippen LogP contribution in [0.3, 0.4) is 0 Å². The van der Waals surface area contributed by atoms with Crippen molar-refractivity contribution < 1.29 is 4.74 Å². The lowest BCUT2D eigenvalue weighted by molar-refractivity contribution is 0.172. The minimum Gasteiger partial charge on any atom is -0.371 e. The molecule has 1 atom stereocenters. The fraction of sp³-hybridized carbons (Fsp3) is 0.176. The number of imidazole rings is 1. The molecule has 1 fully saturated rings. The number of nitrogens with zero attached hydrogens (tertiary/aromatic N) is 2. The molecule has 1 radical (unpaired) electrons. The zero-order valence-corrected chi connectivity index (χ0v) is 14.7. The van der Waals surface area contributed by atoms with Crippen molar-refractivity contribution in [1.29, 1.82) is 0 Å². The van der Waals surface area contributed by atoms with Gasteiger partial charge in [0.2, 0.25) is 0 Å². The molecule has 2 aromatic carbocycles. The molecule has 0 amide bonds. The molecule has 3 aromatic rings. The molecule has 2 heterocycles. The fourth-order valence-electron chi connectivity index (χ4n) is 2.63. The van der Waals surface area contributed by atoms with Crippen LogP contribution in [0.2, 0.25) is 0 Å². The van der Waals surface area contributed by atoms with Crippen LogP contribution in [0.25, 0.3) is 11.0 Å². The highest BCUT2D eigenvalue weighted by Crippen LogP contribution is 2.33. The number of aromatic nitrogens is 2. The third-order valence-corrected chi connectivity index (χ3v) is 5.53. The number of rotatable bonds is 3. The topological polar surface area (TPSA) is 41.1 Å². The second-order valence-electron chi connectivity index (χ2n) is 5.28. The molecule has 0 saturated carbocycles. The smallest absolute Gasteiger partial charge is 0.103 e. The van der Waals surface area contributed by atoms with Crippen LogP contribution in [-0.2, 0) is 4.74 Å². The minimum atomic E-state index is 0.234. The number of anilines is 1. The van der Waals surface area contributed by atoms with Crippen molar-refractivity contribution in [1.82, 2.24) is 9.97 Å². The van der Waals surface area contributed by atoms with Crippen LogP contribution in [0.15, 0.2) is 58.2 Å². The summed E-state index contributed by atoms with van der Waals surface area (Å²) in [6, 6.07) is 14.7. The first-order valence-corrected chi connectivity index (χ1v) is 9.02. The molecule has 6 heteroatoms. The van der Waals surface area contributed by atoms with Gasteiger partial charge in [-0.1, -0.05) is 27.7 Å². The second-order valence-corrected chi connectivity index (χ2v) is 7.45. The number of ether oxygens (including phenoxy) is 1. The van der Waals surface area contributed by atoms with Gasteiger partial charge in [0.1, 0.15) is 12.0 Å². The Hall–Kier alpha value is -1.50. The summed E-state index contributed by atoms with van der Waals surface area (Å²) in [6.07, 6.45) is 1.73. The monoisotopic (exact) mass is 388 g/mol. The van der Waals surface area contributed by atoms with E-state index in [0.717, 1.165) is 22.1 Å². The van der Waals surface area contributed by atoms with E-state index < -0.39 is 0 Å². The van der Waals surface area contributed by atoms with Crippen molar-refractivity contribution in [3.8, 4) is 0 Å². The first-order chi connectivity index (χ1) is 11.3. The maximum absolute atomic E-state index is 5.58. The van der Waals surface area contributed by atoms with E-state index in [4.69, 9.17) is 4.74 Å². The fourth-order valence-corrected chi connectivity index (χ4v) is 3.98. The van der Waals surface area contributed by atoms with Crippen LogP contribution in [0.1, 0.15) is 0 Å². The van der Waals surface area contributed by atoms with Gasteiger partial charge in [-0.3, -0.25) is 0 Å². The zero-order valence-electron chi connectivity index (χ0n) is 12.3. The van der Waals surface area contributed by atoms with Crippen molar-refractivity contribution in [2.75, 3.05) is 18.1 Å². The number of benzene rings is 2. The molecule has 1 saturated heterocycles. The third kappa shape index (κ3) is 3.24. The molecule has 0 aliphatic carbocycles. The first-order valence-electron chi connectivity index (χ1n) is 7.35. The van der Waals surface area contributed by atoms with E-state index in [1.54, 1.807) is 6.33 Å². The van der Waals surface area contributed by atoms with Gasteiger partial charge in [-0.05, 0) is 42.5 Å². The molecule has 1 aliphatic heterocycles. The summed E-state index contributed by atoms with van der Waals surface area (Å²) in [5.41, 5.74) is 3.21. The highest BCUT2D eigenvalue weighted by molar-refractivity contribution is 9.10. The third-order valence-electron chi connectivity index (χ3n) is 3.80. The van der Waals surface area contributed by atoms with Gasteiger partial charge in [-0.15, -0.1) is 0 Å². The molecule has 4 nitrogen and oxygen atoms in total. The Balaban J connectivity index is 1.60. The van der Waals surface area contributed by atoms with Crippen molar-refractivity contribution in [2.24, 2.45) is 0 Å². The van der Waals surface area contributed by atoms with E-state index in [9.17, 15) is 0 Å². The van der Waals surface area contributed by atoms with E-state index in [1.165, 1.54) is 10.6 Å². The van der Waals surface area contributed by atoms with E-state index in [0.29, 0.717) is 6.61 Å². The van der Waals surface area contributed by atoms with Crippen LogP contribution in [-0.4, -0.2) is 28.5 Å². The molecule has 0 bridgehead atoms. The summed E-state index contributed by atoms with van der Waals surface area (Å²) >= 11 is 5.29. The van der Waals surface area contributed by atoms with E-state index in [1.807, 2.05) is 18.4 Å². The Morgan fingerprint density at radius 2 is 2.09 bits per heavy atom. The second kappa shape index (κ2) is 6.55. The van der Waals surface area contributed by atoms with Crippen LogP contribution < -0.4 is 4.90 Å². The SMILES string of the molecule is Brc1ccc(SC2CO[CH]CN2c2ccc3[nH]cnc3c2)cc1. The molecule has 117 valence electrons. The lowest BCUT2D eigenvalue weighted by Crippen LogP contribution is -2.41. The molecule has 4 rings (SSSR count). The van der Waals surface area contributed by atoms with Crippen molar-refractivity contribution in [3.05, 3.63) is 59.9 Å². The van der Waals surface area contributed by atoms with Gasteiger partial charge >= 0.3 is 0 Å². The zero-order chi connectivity index (χ0) is 15.6. The predicted molar refractivity (Wildman–Crippen MR) is 97.5 cm³/mol. The van der Waals surface area contributed by atoms with Gasteiger partial charge in [0.05, 0.1) is 24.0 Å². The Labute approximate surface area is 147 Å². The summed E-state index contributed by atoms with van der Waals surface area (Å²) in [4.78, 5) is 11.1. The van der Waals surface area contributed by atoms with Gasteiger partial charge in [0.15, 0.2) is 0 Å². The molecule has 1 unspecified atom stereocenters. The Bertz CT molecular complexity index is 805. The highest BCUT2D eigenvalue weighted by Gasteiger charge is 2.25. The summed E-state index contributed by atoms with van der Waals surface area (Å²) in [6.45, 7) is 3.30. The Kier molecular flexibility index (Phi) is 4.29. The Morgan fingerprint density at radius 3 is 2.96 bits per heavy atom. The number of fused-ring (bicyclic) bond motifs is 1. The molecule has 0 spiro atoms. The van der Waals surface area contributed by atoms with Crippen LogP contribution in [0.5, 0.6) is 0 Å².